The number of nitrogens with one attached hydrogen (secondary N) is 3. The maximum atomic E-state index is 12.8. The molecule has 19 heteroatoms. The van der Waals surface area contributed by atoms with E-state index in [-0.39, 0.29) is 26.1 Å². The molecule has 18 nitrogen and oxygen atoms in total. The SMILES string of the molecule is CCCCCCCCCCCCCCCC(=O)OC[C@H](COP(=O)([O-])OCC[N+](C)(C)C)OC(=O)CCCCN(C)CCCC[C@H](NC(C)=O)C(=O)NCC(=O)NCC(=O)O. The van der Waals surface area contributed by atoms with Gasteiger partial charge in [0.2, 0.25) is 17.7 Å². The first kappa shape index (κ1) is 57.9. The highest BCUT2D eigenvalue weighted by atomic mass is 31.2. The summed E-state index contributed by atoms with van der Waals surface area (Å²) < 4.78 is 33.8. The highest BCUT2D eigenvalue weighted by Gasteiger charge is 2.23. The molecule has 0 saturated heterocycles. The molecule has 61 heavy (non-hydrogen) atoms. The number of carbonyl (C=O) groups is 6. The molecule has 3 atom stereocenters. The molecule has 0 aliphatic rings. The first-order valence-corrected chi connectivity index (χ1v) is 23.8. The molecule has 1 unspecified atom stereocenters. The summed E-state index contributed by atoms with van der Waals surface area (Å²) in [7, 11) is 2.87. The average molecular weight is 894 g/mol. The molecule has 0 aliphatic heterocycles. The van der Waals surface area contributed by atoms with Crippen LogP contribution in [0.25, 0.3) is 0 Å². The molecule has 0 rings (SSSR count). The first-order chi connectivity index (χ1) is 28.8. The summed E-state index contributed by atoms with van der Waals surface area (Å²) in [6, 6.07) is -0.858. The molecular weight excluding hydrogens is 813 g/mol. The Kier molecular flexibility index (Phi) is 33.5. The van der Waals surface area contributed by atoms with E-state index in [1.54, 1.807) is 0 Å². The van der Waals surface area contributed by atoms with Crippen LogP contribution < -0.4 is 20.8 Å². The summed E-state index contributed by atoms with van der Waals surface area (Å²) in [5.41, 5.74) is 0. The monoisotopic (exact) mass is 894 g/mol. The van der Waals surface area contributed by atoms with Crippen molar-refractivity contribution < 1.29 is 66.3 Å². The molecule has 0 aromatic rings. The molecule has 0 aromatic carbocycles. The number of quaternary nitrogens is 1. The fourth-order valence-corrected chi connectivity index (χ4v) is 6.81. The van der Waals surface area contributed by atoms with Gasteiger partial charge in [-0.25, -0.2) is 0 Å². The highest BCUT2D eigenvalue weighted by Crippen LogP contribution is 2.38. The van der Waals surface area contributed by atoms with Crippen molar-refractivity contribution in [1.82, 2.24) is 20.9 Å². The lowest BCUT2D eigenvalue weighted by Gasteiger charge is -2.28. The van der Waals surface area contributed by atoms with E-state index in [1.807, 2.05) is 28.2 Å². The summed E-state index contributed by atoms with van der Waals surface area (Å²) >= 11 is 0. The molecule has 0 saturated carbocycles. The number of aliphatic carboxylic acids is 1. The Bertz CT molecular complexity index is 1300. The van der Waals surface area contributed by atoms with E-state index in [1.165, 1.54) is 64.7 Å². The number of likely N-dealkylation sites (N-methyl/N-ethyl adjacent to an activating group) is 1. The van der Waals surface area contributed by atoms with Gasteiger partial charge in [-0.3, -0.25) is 33.3 Å². The van der Waals surface area contributed by atoms with Crippen molar-refractivity contribution in [3.05, 3.63) is 0 Å². The van der Waals surface area contributed by atoms with Crippen LogP contribution in [0, 0.1) is 0 Å². The van der Waals surface area contributed by atoms with Gasteiger partial charge in [-0.15, -0.1) is 0 Å². The van der Waals surface area contributed by atoms with E-state index in [9.17, 15) is 38.2 Å². The lowest BCUT2D eigenvalue weighted by Crippen LogP contribution is -2.48. The molecule has 0 heterocycles. The fourth-order valence-electron chi connectivity index (χ4n) is 6.08. The largest absolute Gasteiger partial charge is 0.756 e. The van der Waals surface area contributed by atoms with Gasteiger partial charge >= 0.3 is 17.9 Å². The summed E-state index contributed by atoms with van der Waals surface area (Å²) in [5.74, 6) is -3.88. The van der Waals surface area contributed by atoms with Crippen molar-refractivity contribution in [1.29, 1.82) is 0 Å². The molecule has 0 radical (unpaired) electrons. The number of rotatable bonds is 40. The molecule has 0 aliphatic carbocycles. The van der Waals surface area contributed by atoms with Crippen LogP contribution in [0.4, 0.5) is 0 Å². The number of carboxylic acids is 1. The van der Waals surface area contributed by atoms with Crippen molar-refractivity contribution in [3.8, 4) is 0 Å². The van der Waals surface area contributed by atoms with Crippen LogP contribution in [0.5, 0.6) is 0 Å². The second-order valence-corrected chi connectivity index (χ2v) is 18.2. The number of nitrogens with zero attached hydrogens (tertiary/aromatic N) is 2. The first-order valence-electron chi connectivity index (χ1n) is 22.3. The lowest BCUT2D eigenvalue weighted by atomic mass is 10.0. The summed E-state index contributed by atoms with van der Waals surface area (Å²) in [5, 5.41) is 15.8. The predicted octanol–water partition coefficient (Wildman–Crippen LogP) is 4.22. The average Bonchev–Trinajstić information content (AvgIpc) is 3.17. The number of phosphoric acid groups is 1. The van der Waals surface area contributed by atoms with E-state index in [0.717, 1.165) is 19.3 Å². The Balaban J connectivity index is 4.71. The minimum atomic E-state index is -4.71. The molecule has 0 fully saturated rings. The second kappa shape index (κ2) is 35.3. The van der Waals surface area contributed by atoms with Crippen LogP contribution in [0.2, 0.25) is 0 Å². The van der Waals surface area contributed by atoms with Crippen LogP contribution in [-0.2, 0) is 51.9 Å². The van der Waals surface area contributed by atoms with Gasteiger partial charge in [0.1, 0.15) is 32.3 Å². The maximum absolute atomic E-state index is 12.8. The standard InChI is InChI=1S/C42H80N5O13P/c1-7-8-9-10-11-12-13-14-15-16-17-18-19-25-40(52)57-33-36(34-59-61(55,56)58-30-29-47(4,5)6)60-41(53)26-21-23-28-46(3)27-22-20-24-37(45-35(2)48)42(54)44-31-38(49)43-32-39(50)51/h36-37H,7-34H2,1-6H3,(H4-,43,44,45,48,49,50,51,54,55,56)/t36-,37+/m1/s1. The maximum Gasteiger partial charge on any atom is 0.322 e. The Morgan fingerprint density at radius 2 is 1.26 bits per heavy atom. The Hall–Kier alpha value is -3.15. The summed E-state index contributed by atoms with van der Waals surface area (Å²) in [6.07, 6.45) is 17.2. The zero-order chi connectivity index (χ0) is 45.9. The van der Waals surface area contributed by atoms with Gasteiger partial charge in [0.05, 0.1) is 34.3 Å². The van der Waals surface area contributed by atoms with Crippen molar-refractivity contribution in [3.63, 3.8) is 0 Å². The zero-order valence-corrected chi connectivity index (χ0v) is 39.0. The number of phosphoric ester groups is 1. The van der Waals surface area contributed by atoms with Crippen LogP contribution in [-0.4, -0.2) is 143 Å². The van der Waals surface area contributed by atoms with Crippen LogP contribution in [0.15, 0.2) is 0 Å². The van der Waals surface area contributed by atoms with E-state index in [0.29, 0.717) is 62.6 Å². The summed E-state index contributed by atoms with van der Waals surface area (Å²) in [4.78, 5) is 86.3. The number of ether oxygens (including phenoxy) is 2. The second-order valence-electron chi connectivity index (χ2n) is 16.8. The van der Waals surface area contributed by atoms with Crippen molar-refractivity contribution in [2.45, 2.75) is 154 Å². The Morgan fingerprint density at radius 3 is 1.82 bits per heavy atom. The Morgan fingerprint density at radius 1 is 0.721 bits per heavy atom. The van der Waals surface area contributed by atoms with Crippen LogP contribution >= 0.6 is 7.82 Å². The van der Waals surface area contributed by atoms with Gasteiger partial charge < -0.3 is 53.9 Å². The zero-order valence-electron chi connectivity index (χ0n) is 38.1. The number of carboxylic acid groups (broad SMARTS) is 1. The third kappa shape index (κ3) is 38.3. The van der Waals surface area contributed by atoms with Gasteiger partial charge in [-0.05, 0) is 58.7 Å². The van der Waals surface area contributed by atoms with E-state index >= 15 is 0 Å². The third-order valence-corrected chi connectivity index (χ3v) is 10.6. The molecule has 3 amide bonds. The van der Waals surface area contributed by atoms with Crippen molar-refractivity contribution in [2.24, 2.45) is 0 Å². The topological polar surface area (TPSA) is 239 Å². The van der Waals surface area contributed by atoms with Gasteiger partial charge in [0, 0.05) is 19.8 Å². The van der Waals surface area contributed by atoms with E-state index in [4.69, 9.17) is 23.6 Å². The minimum Gasteiger partial charge on any atom is -0.756 e. The lowest BCUT2D eigenvalue weighted by molar-refractivity contribution is -0.870. The number of hydrogen-bond donors (Lipinski definition) is 4. The van der Waals surface area contributed by atoms with Gasteiger partial charge in [-0.1, -0.05) is 84.0 Å². The number of carbonyl (C=O) groups excluding carboxylic acids is 5. The van der Waals surface area contributed by atoms with Crippen molar-refractivity contribution in [2.75, 3.05) is 80.7 Å². The smallest absolute Gasteiger partial charge is 0.322 e. The molecule has 0 bridgehead atoms. The van der Waals surface area contributed by atoms with Crippen LogP contribution in [0.1, 0.15) is 142 Å². The van der Waals surface area contributed by atoms with Crippen LogP contribution in [0.3, 0.4) is 0 Å². The normalized spacial score (nSPS) is 13.5. The molecule has 4 N–H and O–H groups in total. The number of amides is 3. The third-order valence-electron chi connectivity index (χ3n) is 9.65. The fraction of sp³-hybridized carbons (Fsp3) is 0.857. The van der Waals surface area contributed by atoms with Gasteiger partial charge in [-0.2, -0.15) is 0 Å². The molecule has 0 aromatic heterocycles. The number of esters is 2. The summed E-state index contributed by atoms with van der Waals surface area (Å²) in [6.45, 7) is 3.26. The van der Waals surface area contributed by atoms with Crippen molar-refractivity contribution >= 4 is 43.5 Å². The molecular formula is C42H80N5O13P. The number of unbranched alkanes of at least 4 members (excludes halogenated alkanes) is 14. The molecule has 0 spiro atoms. The van der Waals surface area contributed by atoms with E-state index in [2.05, 4.69) is 27.8 Å². The minimum absolute atomic E-state index is 0.0497. The quantitative estimate of drug-likeness (QED) is 0.0292. The molecule has 356 valence electrons. The van der Waals surface area contributed by atoms with Gasteiger partial charge in [0.25, 0.3) is 7.82 Å². The van der Waals surface area contributed by atoms with E-state index < -0.39 is 75.3 Å². The highest BCUT2D eigenvalue weighted by molar-refractivity contribution is 7.45. The van der Waals surface area contributed by atoms with Gasteiger partial charge in [0.15, 0.2) is 6.10 Å². The Labute approximate surface area is 365 Å². The number of hydrogen-bond acceptors (Lipinski definition) is 13. The predicted molar refractivity (Wildman–Crippen MR) is 230 cm³/mol.